The van der Waals surface area contributed by atoms with Crippen LogP contribution in [0, 0.1) is 5.92 Å². The molecule has 6 nitrogen and oxygen atoms in total. The molecule has 0 aromatic carbocycles. The molecule has 1 atom stereocenters. The predicted octanol–water partition coefficient (Wildman–Crippen LogP) is 0.354. The lowest BCUT2D eigenvalue weighted by Crippen LogP contribution is -2.82. The Hall–Kier alpha value is -0.0231. The highest BCUT2D eigenvalue weighted by Crippen LogP contribution is 2.20. The Labute approximate surface area is 159 Å². The molecule has 0 saturated carbocycles. The van der Waals surface area contributed by atoms with Crippen molar-refractivity contribution in [2.75, 3.05) is 47.8 Å². The summed E-state index contributed by atoms with van der Waals surface area (Å²) >= 11 is 0. The van der Waals surface area contributed by atoms with Gasteiger partial charge in [-0.2, -0.15) is 0 Å². The fourth-order valence-corrected chi connectivity index (χ4v) is 6.73. The zero-order chi connectivity index (χ0) is 19.7. The van der Waals surface area contributed by atoms with E-state index >= 15 is 0 Å². The van der Waals surface area contributed by atoms with Crippen LogP contribution in [-0.2, 0) is 0 Å². The molecule has 7 heteroatoms. The zero-order valence-corrected chi connectivity index (χ0v) is 20.0. The Balaban J connectivity index is 5.93. The zero-order valence-electron chi connectivity index (χ0n) is 18.6. The van der Waals surface area contributed by atoms with Gasteiger partial charge >= 0.3 is 0 Å². The summed E-state index contributed by atoms with van der Waals surface area (Å²) in [6.45, 7) is 16.8. The maximum Gasteiger partial charge on any atom is 0.142 e. The molecule has 0 aromatic heterocycles. The third-order valence-electron chi connectivity index (χ3n) is 5.63. The van der Waals surface area contributed by atoms with E-state index in [2.05, 4.69) is 101 Å². The van der Waals surface area contributed by atoms with Gasteiger partial charge in [0.2, 0.25) is 0 Å². The van der Waals surface area contributed by atoms with Crippen LogP contribution in [0.25, 0.3) is 0 Å². The van der Waals surface area contributed by atoms with Crippen LogP contribution in [0.4, 0.5) is 0 Å². The van der Waals surface area contributed by atoms with E-state index in [1.165, 1.54) is 0 Å². The van der Waals surface area contributed by atoms with Gasteiger partial charge in [-0.3, -0.25) is 31.1 Å². The van der Waals surface area contributed by atoms with Crippen LogP contribution in [0.1, 0.15) is 48.0 Å². The second kappa shape index (κ2) is 11.6. The van der Waals surface area contributed by atoms with Crippen LogP contribution in [0.5, 0.6) is 0 Å². The standard InChI is InChI=1S/C18H46N6Si/c1-11-16(6)24(13-3)18(21-9,22-10)25-17(19-7,20-8)23(12-2)14-15(4)5/h15-16,19-22H,11-14,25H2,1-10H3. The largest absolute Gasteiger partial charge is 0.294 e. The molecular formula is C18H46N6Si. The highest BCUT2D eigenvalue weighted by atomic mass is 28.2. The lowest BCUT2D eigenvalue weighted by Gasteiger charge is -2.53. The monoisotopic (exact) mass is 374 g/mol. The first-order valence-electron chi connectivity index (χ1n) is 10.0. The first-order chi connectivity index (χ1) is 11.8. The molecule has 0 fully saturated rings. The fraction of sp³-hybridized carbons (Fsp3) is 1.00. The van der Waals surface area contributed by atoms with Gasteiger partial charge in [-0.25, -0.2) is 0 Å². The van der Waals surface area contributed by atoms with Gasteiger partial charge in [0.15, 0.2) is 0 Å². The summed E-state index contributed by atoms with van der Waals surface area (Å²) in [4.78, 5) is 5.16. The van der Waals surface area contributed by atoms with Gasteiger partial charge in [0.25, 0.3) is 0 Å². The average molecular weight is 375 g/mol. The van der Waals surface area contributed by atoms with Crippen molar-refractivity contribution in [2.45, 2.75) is 64.8 Å². The van der Waals surface area contributed by atoms with E-state index in [0.717, 1.165) is 26.1 Å². The van der Waals surface area contributed by atoms with Crippen LogP contribution in [-0.4, -0.2) is 84.0 Å². The molecule has 152 valence electrons. The molecular weight excluding hydrogens is 328 g/mol. The molecule has 0 heterocycles. The molecule has 4 N–H and O–H groups in total. The van der Waals surface area contributed by atoms with Crippen molar-refractivity contribution in [1.29, 1.82) is 0 Å². The van der Waals surface area contributed by atoms with Crippen LogP contribution < -0.4 is 21.3 Å². The average Bonchev–Trinajstić information content (AvgIpc) is 2.63. The molecule has 0 rings (SSSR count). The second-order valence-corrected chi connectivity index (χ2v) is 9.77. The van der Waals surface area contributed by atoms with E-state index in [0.29, 0.717) is 12.0 Å². The molecule has 0 aliphatic heterocycles. The molecule has 25 heavy (non-hydrogen) atoms. The van der Waals surface area contributed by atoms with Gasteiger partial charge in [0, 0.05) is 12.6 Å². The lowest BCUT2D eigenvalue weighted by atomic mass is 10.2. The van der Waals surface area contributed by atoms with Gasteiger partial charge in [0.1, 0.15) is 20.3 Å². The Kier molecular flexibility index (Phi) is 11.6. The van der Waals surface area contributed by atoms with Crippen molar-refractivity contribution in [3.8, 4) is 0 Å². The summed E-state index contributed by atoms with van der Waals surface area (Å²) in [6.07, 6.45) is 1.14. The van der Waals surface area contributed by atoms with E-state index in [-0.39, 0.29) is 10.8 Å². The summed E-state index contributed by atoms with van der Waals surface area (Å²) in [5, 5.41) is 14.6. The minimum Gasteiger partial charge on any atom is -0.294 e. The van der Waals surface area contributed by atoms with Crippen LogP contribution in [0.15, 0.2) is 0 Å². The maximum absolute atomic E-state index is 3.66. The van der Waals surface area contributed by atoms with Crippen molar-refractivity contribution >= 4 is 9.52 Å². The normalized spacial score (nSPS) is 15.2. The van der Waals surface area contributed by atoms with Gasteiger partial charge in [0.05, 0.1) is 0 Å². The van der Waals surface area contributed by atoms with Crippen molar-refractivity contribution < 1.29 is 0 Å². The highest BCUT2D eigenvalue weighted by Gasteiger charge is 2.46. The van der Waals surface area contributed by atoms with E-state index in [9.17, 15) is 0 Å². The maximum atomic E-state index is 3.66. The van der Waals surface area contributed by atoms with E-state index < -0.39 is 9.52 Å². The Bertz CT molecular complexity index is 344. The SMILES string of the molecule is CCC(C)N(CC)C(NC)(NC)[SiH2]C(NC)(NC)N(CC)CC(C)C. The number of nitrogens with zero attached hydrogens (tertiary/aromatic N) is 2. The Morgan fingerprint density at radius 2 is 1.28 bits per heavy atom. The Morgan fingerprint density at radius 1 is 0.800 bits per heavy atom. The van der Waals surface area contributed by atoms with E-state index in [1.54, 1.807) is 0 Å². The molecule has 0 spiro atoms. The van der Waals surface area contributed by atoms with Crippen molar-refractivity contribution in [1.82, 2.24) is 31.1 Å². The summed E-state index contributed by atoms with van der Waals surface area (Å²) in [6, 6.07) is 0.518. The Morgan fingerprint density at radius 3 is 1.56 bits per heavy atom. The van der Waals surface area contributed by atoms with Crippen molar-refractivity contribution in [2.24, 2.45) is 5.92 Å². The van der Waals surface area contributed by atoms with Crippen molar-refractivity contribution in [3.63, 3.8) is 0 Å². The van der Waals surface area contributed by atoms with Crippen LogP contribution in [0.3, 0.4) is 0 Å². The van der Waals surface area contributed by atoms with Gasteiger partial charge in [-0.05, 0) is 60.5 Å². The van der Waals surface area contributed by atoms with Gasteiger partial charge in [-0.1, -0.05) is 34.6 Å². The fourth-order valence-electron chi connectivity index (χ4n) is 3.96. The van der Waals surface area contributed by atoms with Gasteiger partial charge in [-0.15, -0.1) is 0 Å². The lowest BCUT2D eigenvalue weighted by molar-refractivity contribution is 0.0455. The first kappa shape index (κ1) is 25.0. The summed E-state index contributed by atoms with van der Waals surface area (Å²) < 4.78 is 0. The molecule has 0 amide bonds. The number of hydrogen-bond acceptors (Lipinski definition) is 6. The van der Waals surface area contributed by atoms with Gasteiger partial charge < -0.3 is 0 Å². The third-order valence-corrected chi connectivity index (χ3v) is 8.92. The minimum absolute atomic E-state index is 0.161. The minimum atomic E-state index is -0.779. The molecule has 0 aromatic rings. The predicted molar refractivity (Wildman–Crippen MR) is 114 cm³/mol. The number of hydrogen-bond donors (Lipinski definition) is 4. The number of rotatable bonds is 14. The molecule has 1 unspecified atom stereocenters. The molecule has 0 radical (unpaired) electrons. The molecule has 0 aliphatic rings. The second-order valence-electron chi connectivity index (χ2n) is 7.37. The highest BCUT2D eigenvalue weighted by molar-refractivity contribution is 6.43. The first-order valence-corrected chi connectivity index (χ1v) is 11.4. The smallest absolute Gasteiger partial charge is 0.142 e. The molecule has 0 aliphatic carbocycles. The summed E-state index contributed by atoms with van der Waals surface area (Å²) in [5.41, 5.74) is -0.327. The summed E-state index contributed by atoms with van der Waals surface area (Å²) in [5.74, 6) is 0.630. The third kappa shape index (κ3) is 5.99. The van der Waals surface area contributed by atoms with E-state index in [4.69, 9.17) is 0 Å². The summed E-state index contributed by atoms with van der Waals surface area (Å²) in [7, 11) is 7.57. The van der Waals surface area contributed by atoms with Crippen LogP contribution >= 0.6 is 0 Å². The van der Waals surface area contributed by atoms with Crippen molar-refractivity contribution in [3.05, 3.63) is 0 Å². The molecule has 0 saturated heterocycles. The van der Waals surface area contributed by atoms with E-state index in [1.807, 2.05) is 0 Å². The van der Waals surface area contributed by atoms with Crippen LogP contribution in [0.2, 0.25) is 0 Å². The quantitative estimate of drug-likeness (QED) is 0.260. The topological polar surface area (TPSA) is 54.6 Å². The molecule has 0 bridgehead atoms. The number of nitrogens with one attached hydrogen (secondary N) is 4.